The van der Waals surface area contributed by atoms with Crippen molar-refractivity contribution in [2.45, 2.75) is 6.54 Å². The number of hydrogen-bond acceptors (Lipinski definition) is 3. The molecule has 0 radical (unpaired) electrons. The second kappa shape index (κ2) is 5.11. The number of rotatable bonds is 3. The van der Waals surface area contributed by atoms with Crippen LogP contribution in [-0.4, -0.2) is 24.3 Å². The summed E-state index contributed by atoms with van der Waals surface area (Å²) in [4.78, 5) is 15.3. The molecule has 90 valence electrons. The number of nitrogens with zero attached hydrogens (tertiary/aromatic N) is 2. The van der Waals surface area contributed by atoms with Gasteiger partial charge in [0.1, 0.15) is 0 Å². The predicted molar refractivity (Wildman–Crippen MR) is 66.8 cm³/mol. The van der Waals surface area contributed by atoms with Gasteiger partial charge in [0.25, 0.3) is 0 Å². The second-order valence-corrected chi connectivity index (χ2v) is 4.46. The highest BCUT2D eigenvalue weighted by Gasteiger charge is 2.05. The molecule has 0 saturated heterocycles. The van der Waals surface area contributed by atoms with Gasteiger partial charge < -0.3 is 15.0 Å². The molecule has 1 aromatic heterocycles. The summed E-state index contributed by atoms with van der Waals surface area (Å²) in [6.45, 7) is 1.21. The molecule has 2 rings (SSSR count). The highest BCUT2D eigenvalue weighted by Crippen LogP contribution is 2.16. The van der Waals surface area contributed by atoms with E-state index < -0.39 is 6.03 Å². The number of primary amides is 1. The molecule has 0 aliphatic rings. The molecule has 2 amide bonds. The molecule has 0 saturated carbocycles. The molecule has 0 bridgehead atoms. The number of fused-ring (bicyclic) bond motifs is 1. The molecular formula is C11H13N3O2S. The van der Waals surface area contributed by atoms with E-state index in [-0.39, 0.29) is 0 Å². The number of hydrogen-bond donors (Lipinski definition) is 1. The number of ether oxygens (including phenoxy) is 1. The Bertz CT molecular complexity index is 600. The maximum Gasteiger partial charge on any atom is 0.341 e. The van der Waals surface area contributed by atoms with Gasteiger partial charge >= 0.3 is 6.03 Å². The van der Waals surface area contributed by atoms with Crippen molar-refractivity contribution in [1.82, 2.24) is 4.57 Å². The van der Waals surface area contributed by atoms with E-state index in [1.54, 1.807) is 7.11 Å². The van der Waals surface area contributed by atoms with Gasteiger partial charge in [0.05, 0.1) is 16.8 Å². The van der Waals surface area contributed by atoms with Crippen molar-refractivity contribution in [2.75, 3.05) is 13.7 Å². The van der Waals surface area contributed by atoms with Crippen LogP contribution < -0.4 is 10.5 Å². The summed E-state index contributed by atoms with van der Waals surface area (Å²) in [6, 6.07) is 7.20. The number of para-hydroxylation sites is 1. The molecule has 5 nitrogen and oxygen atoms in total. The minimum absolute atomic E-state index is 0.562. The Kier molecular flexibility index (Phi) is 3.55. The van der Waals surface area contributed by atoms with Crippen LogP contribution in [0.1, 0.15) is 0 Å². The summed E-state index contributed by atoms with van der Waals surface area (Å²) in [5.41, 5.74) is 6.14. The number of carbonyl (C=O) groups excluding carboxylic acids is 1. The largest absolute Gasteiger partial charge is 0.383 e. The molecule has 0 fully saturated rings. The summed E-state index contributed by atoms with van der Waals surface area (Å²) in [5, 5.41) is 0. The molecule has 2 N–H and O–H groups in total. The zero-order chi connectivity index (χ0) is 12.3. The number of methoxy groups -OCH3 is 1. The minimum atomic E-state index is -0.678. The maximum atomic E-state index is 10.9. The Hall–Kier alpha value is -1.66. The summed E-state index contributed by atoms with van der Waals surface area (Å²) in [7, 11) is 1.64. The van der Waals surface area contributed by atoms with Gasteiger partial charge in [-0.1, -0.05) is 23.5 Å². The molecule has 0 atom stereocenters. The van der Waals surface area contributed by atoms with Gasteiger partial charge in [-0.05, 0) is 12.1 Å². The van der Waals surface area contributed by atoms with Gasteiger partial charge in [0.15, 0.2) is 4.80 Å². The van der Waals surface area contributed by atoms with Crippen molar-refractivity contribution in [1.29, 1.82) is 0 Å². The lowest BCUT2D eigenvalue weighted by Crippen LogP contribution is -2.20. The monoisotopic (exact) mass is 251 g/mol. The molecular weight excluding hydrogens is 238 g/mol. The first-order chi connectivity index (χ1) is 8.22. The van der Waals surface area contributed by atoms with E-state index >= 15 is 0 Å². The molecule has 0 unspecified atom stereocenters. The van der Waals surface area contributed by atoms with Gasteiger partial charge in [0.2, 0.25) is 0 Å². The quantitative estimate of drug-likeness (QED) is 0.894. The van der Waals surface area contributed by atoms with E-state index in [9.17, 15) is 4.79 Å². The van der Waals surface area contributed by atoms with E-state index in [4.69, 9.17) is 10.5 Å². The number of thiazole rings is 1. The lowest BCUT2D eigenvalue weighted by molar-refractivity contribution is 0.187. The van der Waals surface area contributed by atoms with Crippen molar-refractivity contribution < 1.29 is 9.53 Å². The van der Waals surface area contributed by atoms with E-state index in [0.29, 0.717) is 18.0 Å². The Morgan fingerprint density at radius 1 is 1.53 bits per heavy atom. The van der Waals surface area contributed by atoms with Crippen LogP contribution in [0.25, 0.3) is 10.2 Å². The third kappa shape index (κ3) is 2.54. The Balaban J connectivity index is 2.61. The van der Waals surface area contributed by atoms with E-state index in [1.807, 2.05) is 28.8 Å². The lowest BCUT2D eigenvalue weighted by Gasteiger charge is -2.03. The van der Waals surface area contributed by atoms with Crippen molar-refractivity contribution in [3.63, 3.8) is 0 Å². The van der Waals surface area contributed by atoms with E-state index in [2.05, 4.69) is 4.99 Å². The third-order valence-electron chi connectivity index (χ3n) is 2.31. The SMILES string of the molecule is COCCn1c(=NC(N)=O)sc2ccccc21. The van der Waals surface area contributed by atoms with Crippen molar-refractivity contribution in [3.05, 3.63) is 29.1 Å². The Morgan fingerprint density at radius 2 is 2.29 bits per heavy atom. The van der Waals surface area contributed by atoms with Crippen LogP contribution in [0.2, 0.25) is 0 Å². The van der Waals surface area contributed by atoms with Crippen molar-refractivity contribution in [2.24, 2.45) is 10.7 Å². The fraction of sp³-hybridized carbons (Fsp3) is 0.273. The van der Waals surface area contributed by atoms with Crippen LogP contribution in [0, 0.1) is 0 Å². The summed E-state index contributed by atoms with van der Waals surface area (Å²) in [5.74, 6) is 0. The fourth-order valence-corrected chi connectivity index (χ4v) is 2.66. The summed E-state index contributed by atoms with van der Waals surface area (Å²) in [6.07, 6.45) is 0. The lowest BCUT2D eigenvalue weighted by atomic mass is 10.3. The first kappa shape index (κ1) is 11.8. The van der Waals surface area contributed by atoms with Gasteiger partial charge in [-0.3, -0.25) is 0 Å². The van der Waals surface area contributed by atoms with Crippen molar-refractivity contribution >= 4 is 27.6 Å². The van der Waals surface area contributed by atoms with Crippen molar-refractivity contribution in [3.8, 4) is 0 Å². The maximum absolute atomic E-state index is 10.9. The zero-order valence-corrected chi connectivity index (χ0v) is 10.2. The van der Waals surface area contributed by atoms with Crippen LogP contribution in [0.4, 0.5) is 4.79 Å². The molecule has 0 aliphatic carbocycles. The number of benzene rings is 1. The first-order valence-corrected chi connectivity index (χ1v) is 5.95. The van der Waals surface area contributed by atoms with Crippen LogP contribution in [0.5, 0.6) is 0 Å². The number of amides is 2. The molecule has 6 heteroatoms. The van der Waals surface area contributed by atoms with E-state index in [0.717, 1.165) is 10.2 Å². The molecule has 17 heavy (non-hydrogen) atoms. The third-order valence-corrected chi connectivity index (χ3v) is 3.37. The van der Waals surface area contributed by atoms with E-state index in [1.165, 1.54) is 11.3 Å². The second-order valence-electron chi connectivity index (χ2n) is 3.45. The molecule has 1 aromatic carbocycles. The highest BCUT2D eigenvalue weighted by molar-refractivity contribution is 7.16. The number of carbonyl (C=O) groups is 1. The van der Waals surface area contributed by atoms with Gasteiger partial charge in [-0.25, -0.2) is 4.79 Å². The summed E-state index contributed by atoms with van der Waals surface area (Å²) < 4.78 is 8.06. The number of urea groups is 1. The predicted octanol–water partition coefficient (Wildman–Crippen LogP) is 1.33. The molecule has 2 aromatic rings. The van der Waals surface area contributed by atoms with Gasteiger partial charge in [-0.2, -0.15) is 4.99 Å². The normalized spacial score (nSPS) is 12.2. The van der Waals surface area contributed by atoms with Crippen LogP contribution in [-0.2, 0) is 11.3 Å². The standard InChI is InChI=1S/C11H13N3O2S/c1-16-7-6-14-8-4-2-3-5-9(8)17-11(14)13-10(12)15/h2-5H,6-7H2,1H3,(H2,12,15). The molecule has 0 aliphatic heterocycles. The van der Waals surface area contributed by atoms with Gasteiger partial charge in [0, 0.05) is 13.7 Å². The van der Waals surface area contributed by atoms with Crippen LogP contribution >= 0.6 is 11.3 Å². The summed E-state index contributed by atoms with van der Waals surface area (Å²) >= 11 is 1.44. The average molecular weight is 251 g/mol. The molecule has 0 spiro atoms. The number of nitrogens with two attached hydrogens (primary N) is 1. The van der Waals surface area contributed by atoms with Crippen LogP contribution in [0.3, 0.4) is 0 Å². The number of aromatic nitrogens is 1. The Morgan fingerprint density at radius 3 is 3.00 bits per heavy atom. The first-order valence-electron chi connectivity index (χ1n) is 5.14. The average Bonchev–Trinajstić information content (AvgIpc) is 2.63. The highest BCUT2D eigenvalue weighted by atomic mass is 32.1. The van der Waals surface area contributed by atoms with Crippen LogP contribution in [0.15, 0.2) is 29.3 Å². The smallest absolute Gasteiger partial charge is 0.341 e. The Labute approximate surface area is 102 Å². The fourth-order valence-electron chi connectivity index (χ4n) is 1.60. The zero-order valence-electron chi connectivity index (χ0n) is 9.42. The topological polar surface area (TPSA) is 69.6 Å². The molecule has 1 heterocycles. The minimum Gasteiger partial charge on any atom is -0.383 e. The van der Waals surface area contributed by atoms with Gasteiger partial charge in [-0.15, -0.1) is 0 Å².